The molecule has 3 rings (SSSR count). The van der Waals surface area contributed by atoms with E-state index in [-0.39, 0.29) is 13.2 Å². The summed E-state index contributed by atoms with van der Waals surface area (Å²) < 4.78 is 23.2. The van der Waals surface area contributed by atoms with Crippen molar-refractivity contribution in [2.45, 2.75) is 0 Å². The van der Waals surface area contributed by atoms with Gasteiger partial charge >= 0.3 is 0 Å². The SMILES string of the molecule is NC/C(=C\F)COc1ccc(-c2noc3ccccc23)cc1. The minimum atomic E-state index is 0.138. The molecule has 0 bridgehead atoms. The van der Waals surface area contributed by atoms with Crippen LogP contribution in [-0.2, 0) is 0 Å². The number of hydrogen-bond acceptors (Lipinski definition) is 4. The average molecular weight is 298 g/mol. The van der Waals surface area contributed by atoms with Crippen LogP contribution in [0.2, 0.25) is 0 Å². The quantitative estimate of drug-likeness (QED) is 0.780. The molecule has 0 fully saturated rings. The maximum atomic E-state index is 12.4. The molecule has 3 aromatic rings. The molecule has 1 aromatic heterocycles. The molecule has 0 atom stereocenters. The Labute approximate surface area is 127 Å². The molecule has 0 aliphatic carbocycles. The van der Waals surface area contributed by atoms with Gasteiger partial charge in [0, 0.05) is 23.1 Å². The Hall–Kier alpha value is -2.66. The van der Waals surface area contributed by atoms with Crippen molar-refractivity contribution in [3.8, 4) is 17.0 Å². The Morgan fingerprint density at radius 3 is 2.68 bits per heavy atom. The lowest BCUT2D eigenvalue weighted by Gasteiger charge is -2.07. The van der Waals surface area contributed by atoms with Crippen LogP contribution in [0.15, 0.2) is 65.0 Å². The molecule has 0 aliphatic heterocycles. The average Bonchev–Trinajstić information content (AvgIpc) is 3.00. The fourth-order valence-electron chi connectivity index (χ4n) is 2.11. The van der Waals surface area contributed by atoms with E-state index in [1.165, 1.54) is 0 Å². The molecule has 22 heavy (non-hydrogen) atoms. The van der Waals surface area contributed by atoms with Crippen LogP contribution in [-0.4, -0.2) is 18.3 Å². The summed E-state index contributed by atoms with van der Waals surface area (Å²) >= 11 is 0. The van der Waals surface area contributed by atoms with E-state index in [2.05, 4.69) is 5.16 Å². The topological polar surface area (TPSA) is 61.3 Å². The maximum Gasteiger partial charge on any atom is 0.167 e. The summed E-state index contributed by atoms with van der Waals surface area (Å²) in [5, 5.41) is 5.07. The molecule has 2 aromatic carbocycles. The molecule has 112 valence electrons. The van der Waals surface area contributed by atoms with Crippen LogP contribution in [0.25, 0.3) is 22.2 Å². The first-order valence-corrected chi connectivity index (χ1v) is 6.87. The predicted octanol–water partition coefficient (Wildman–Crippen LogP) is 3.69. The zero-order valence-corrected chi connectivity index (χ0v) is 11.8. The number of ether oxygens (including phenoxy) is 1. The Kier molecular flexibility index (Phi) is 4.16. The maximum absolute atomic E-state index is 12.4. The second kappa shape index (κ2) is 6.41. The minimum absolute atomic E-state index is 0.138. The van der Waals surface area contributed by atoms with Gasteiger partial charge in [0.15, 0.2) is 5.58 Å². The van der Waals surface area contributed by atoms with E-state index in [0.717, 1.165) is 22.2 Å². The zero-order chi connectivity index (χ0) is 15.4. The fourth-order valence-corrected chi connectivity index (χ4v) is 2.11. The third-order valence-electron chi connectivity index (χ3n) is 3.35. The molecule has 4 nitrogen and oxygen atoms in total. The lowest BCUT2D eigenvalue weighted by Crippen LogP contribution is -2.10. The number of fused-ring (bicyclic) bond motifs is 1. The molecule has 0 saturated heterocycles. The highest BCUT2D eigenvalue weighted by molar-refractivity contribution is 5.91. The highest BCUT2D eigenvalue weighted by Crippen LogP contribution is 2.28. The first-order valence-electron chi connectivity index (χ1n) is 6.87. The lowest BCUT2D eigenvalue weighted by molar-refractivity contribution is 0.347. The van der Waals surface area contributed by atoms with Gasteiger partial charge in [-0.05, 0) is 36.4 Å². The fraction of sp³-hybridized carbons (Fsp3) is 0.118. The van der Waals surface area contributed by atoms with Gasteiger partial charge in [0.25, 0.3) is 0 Å². The van der Waals surface area contributed by atoms with Gasteiger partial charge in [-0.15, -0.1) is 0 Å². The monoisotopic (exact) mass is 298 g/mol. The Morgan fingerprint density at radius 2 is 1.95 bits per heavy atom. The van der Waals surface area contributed by atoms with E-state index in [1.54, 1.807) is 0 Å². The summed E-state index contributed by atoms with van der Waals surface area (Å²) in [5.41, 5.74) is 8.25. The van der Waals surface area contributed by atoms with Gasteiger partial charge in [0.05, 0.1) is 6.33 Å². The molecule has 2 N–H and O–H groups in total. The summed E-state index contributed by atoms with van der Waals surface area (Å²) in [6, 6.07) is 15.1. The number of nitrogens with two attached hydrogens (primary N) is 1. The van der Waals surface area contributed by atoms with Gasteiger partial charge in [-0.2, -0.15) is 0 Å². The second-order valence-electron chi connectivity index (χ2n) is 4.81. The lowest BCUT2D eigenvalue weighted by atomic mass is 10.1. The standard InChI is InChI=1S/C17H15FN2O2/c18-9-12(10-19)11-21-14-7-5-13(6-8-14)17-15-3-1-2-4-16(15)22-20-17/h1-9H,10-11,19H2/b12-9+. The number of halogens is 1. The van der Waals surface area contributed by atoms with E-state index in [1.807, 2.05) is 48.5 Å². The number of benzene rings is 2. The third-order valence-corrected chi connectivity index (χ3v) is 3.35. The van der Waals surface area contributed by atoms with Crippen LogP contribution in [0.4, 0.5) is 4.39 Å². The number of aromatic nitrogens is 1. The van der Waals surface area contributed by atoms with Crippen molar-refractivity contribution in [2.24, 2.45) is 5.73 Å². The van der Waals surface area contributed by atoms with Gasteiger partial charge in [-0.25, -0.2) is 4.39 Å². The van der Waals surface area contributed by atoms with Gasteiger partial charge in [0.1, 0.15) is 18.1 Å². The van der Waals surface area contributed by atoms with Crippen molar-refractivity contribution >= 4 is 11.0 Å². The van der Waals surface area contributed by atoms with E-state index in [4.69, 9.17) is 15.0 Å². The molecule has 0 amide bonds. The van der Waals surface area contributed by atoms with Crippen LogP contribution >= 0.6 is 0 Å². The van der Waals surface area contributed by atoms with E-state index in [9.17, 15) is 4.39 Å². The highest BCUT2D eigenvalue weighted by Gasteiger charge is 2.09. The molecule has 0 unspecified atom stereocenters. The number of rotatable bonds is 5. The van der Waals surface area contributed by atoms with Crippen molar-refractivity contribution in [3.63, 3.8) is 0 Å². The van der Waals surface area contributed by atoms with Crippen molar-refractivity contribution in [1.29, 1.82) is 0 Å². The van der Waals surface area contributed by atoms with Crippen LogP contribution in [0, 0.1) is 0 Å². The van der Waals surface area contributed by atoms with Crippen molar-refractivity contribution < 1.29 is 13.7 Å². The Balaban J connectivity index is 1.79. The number of nitrogens with zero attached hydrogens (tertiary/aromatic N) is 1. The zero-order valence-electron chi connectivity index (χ0n) is 11.8. The van der Waals surface area contributed by atoms with Crippen LogP contribution < -0.4 is 10.5 Å². The first-order chi connectivity index (χ1) is 10.8. The van der Waals surface area contributed by atoms with Crippen molar-refractivity contribution in [1.82, 2.24) is 5.16 Å². The largest absolute Gasteiger partial charge is 0.489 e. The molecular formula is C17H15FN2O2. The third kappa shape index (κ3) is 2.84. The van der Waals surface area contributed by atoms with E-state index < -0.39 is 0 Å². The summed E-state index contributed by atoms with van der Waals surface area (Å²) in [6.45, 7) is 0.277. The summed E-state index contributed by atoms with van der Waals surface area (Å²) in [7, 11) is 0. The van der Waals surface area contributed by atoms with Crippen molar-refractivity contribution in [3.05, 3.63) is 60.4 Å². The summed E-state index contributed by atoms with van der Waals surface area (Å²) in [4.78, 5) is 0. The molecule has 1 heterocycles. The number of hydrogen-bond donors (Lipinski definition) is 1. The van der Waals surface area contributed by atoms with Crippen LogP contribution in [0.5, 0.6) is 5.75 Å². The van der Waals surface area contributed by atoms with E-state index in [0.29, 0.717) is 17.7 Å². The minimum Gasteiger partial charge on any atom is -0.489 e. The van der Waals surface area contributed by atoms with Crippen molar-refractivity contribution in [2.75, 3.05) is 13.2 Å². The molecule has 5 heteroatoms. The van der Waals surface area contributed by atoms with Gasteiger partial charge < -0.3 is 15.0 Å². The highest BCUT2D eigenvalue weighted by atomic mass is 19.1. The van der Waals surface area contributed by atoms with Gasteiger partial charge in [0.2, 0.25) is 0 Å². The molecule has 0 spiro atoms. The first kappa shape index (κ1) is 14.3. The Morgan fingerprint density at radius 1 is 1.18 bits per heavy atom. The smallest absolute Gasteiger partial charge is 0.167 e. The predicted molar refractivity (Wildman–Crippen MR) is 83.2 cm³/mol. The normalized spacial score (nSPS) is 11.8. The summed E-state index contributed by atoms with van der Waals surface area (Å²) in [6.07, 6.45) is 0.482. The van der Waals surface area contributed by atoms with Gasteiger partial charge in [-0.3, -0.25) is 0 Å². The number of para-hydroxylation sites is 1. The summed E-state index contributed by atoms with van der Waals surface area (Å²) in [5.74, 6) is 0.643. The van der Waals surface area contributed by atoms with Crippen LogP contribution in [0.1, 0.15) is 0 Å². The van der Waals surface area contributed by atoms with Crippen LogP contribution in [0.3, 0.4) is 0 Å². The molecule has 0 saturated carbocycles. The molecule has 0 radical (unpaired) electrons. The second-order valence-corrected chi connectivity index (χ2v) is 4.81. The van der Waals surface area contributed by atoms with E-state index >= 15 is 0 Å². The Bertz CT molecular complexity index is 794. The molecule has 0 aliphatic rings. The molecular weight excluding hydrogens is 283 g/mol. The van der Waals surface area contributed by atoms with Gasteiger partial charge in [-0.1, -0.05) is 17.3 Å².